The highest BCUT2D eigenvalue weighted by molar-refractivity contribution is 7.90. The fourth-order valence-corrected chi connectivity index (χ4v) is 4.32. The number of fused-ring (bicyclic) bond motifs is 1. The smallest absolute Gasteiger partial charge is 0.264 e. The first kappa shape index (κ1) is 18.0. The van der Waals surface area contributed by atoms with Gasteiger partial charge in [-0.2, -0.15) is 5.26 Å². The average Bonchev–Trinajstić information content (AvgIpc) is 2.62. The topological polar surface area (TPSA) is 96.3 Å². The number of carbonyl (C=O) groups excluding carboxylic acids is 1. The Bertz CT molecular complexity index is 993. The van der Waals surface area contributed by atoms with Gasteiger partial charge in [0.25, 0.3) is 10.0 Å². The van der Waals surface area contributed by atoms with Crippen LogP contribution in [0.3, 0.4) is 0 Å². The Kier molecular flexibility index (Phi) is 4.96. The van der Waals surface area contributed by atoms with E-state index in [0.717, 1.165) is 11.3 Å². The molecule has 0 aromatic heterocycles. The molecule has 2 aromatic rings. The maximum atomic E-state index is 12.6. The minimum atomic E-state index is -4.03. The van der Waals surface area contributed by atoms with E-state index in [9.17, 15) is 13.2 Å². The summed E-state index contributed by atoms with van der Waals surface area (Å²) in [5, 5.41) is 8.97. The Hall–Kier alpha value is -2.85. The van der Waals surface area contributed by atoms with Crippen molar-refractivity contribution in [3.63, 3.8) is 0 Å². The maximum absolute atomic E-state index is 12.6. The summed E-state index contributed by atoms with van der Waals surface area (Å²) in [6.45, 7) is 2.11. The molecule has 1 aliphatic heterocycles. The van der Waals surface area contributed by atoms with Crippen LogP contribution < -0.4 is 9.46 Å². The number of nitrogens with one attached hydrogen (secondary N) is 1. The number of benzene rings is 2. The zero-order valence-corrected chi connectivity index (χ0v) is 15.0. The highest BCUT2D eigenvalue weighted by Gasteiger charge is 2.26. The summed E-state index contributed by atoms with van der Waals surface area (Å²) >= 11 is 0. The van der Waals surface area contributed by atoms with E-state index in [1.807, 2.05) is 30.3 Å². The van der Waals surface area contributed by atoms with Crippen molar-refractivity contribution in [3.8, 4) is 11.8 Å². The van der Waals surface area contributed by atoms with Crippen LogP contribution in [0.1, 0.15) is 35.4 Å². The lowest BCUT2D eigenvalue weighted by Gasteiger charge is -2.25. The number of nitriles is 1. The minimum absolute atomic E-state index is 0.0522. The van der Waals surface area contributed by atoms with E-state index in [2.05, 4.69) is 4.72 Å². The Balaban J connectivity index is 1.78. The highest BCUT2D eigenvalue weighted by atomic mass is 32.2. The molecule has 0 spiro atoms. The summed E-state index contributed by atoms with van der Waals surface area (Å²) in [5.41, 5.74) is 1.61. The van der Waals surface area contributed by atoms with E-state index in [4.69, 9.17) is 10.00 Å². The standard InChI is InChI=1S/C19H18N2O4S/c1-13-6-7-14(12-20)10-18(13)26(23,24)21-19(22)11-15-8-9-25-17-5-3-2-4-16(15)17/h2-7,10,15H,8-9,11H2,1H3,(H,21,22). The van der Waals surface area contributed by atoms with Crippen LogP contribution in [0, 0.1) is 18.3 Å². The molecule has 0 aliphatic carbocycles. The monoisotopic (exact) mass is 370 g/mol. The molecule has 1 unspecified atom stereocenters. The molecule has 134 valence electrons. The molecule has 1 atom stereocenters. The summed E-state index contributed by atoms with van der Waals surface area (Å²) in [4.78, 5) is 12.3. The van der Waals surface area contributed by atoms with Gasteiger partial charge >= 0.3 is 0 Å². The number of hydrogen-bond donors (Lipinski definition) is 1. The number of para-hydroxylation sites is 1. The number of amides is 1. The van der Waals surface area contributed by atoms with E-state index in [0.29, 0.717) is 18.6 Å². The third-order valence-electron chi connectivity index (χ3n) is 4.37. The van der Waals surface area contributed by atoms with Gasteiger partial charge in [-0.05, 0) is 48.6 Å². The van der Waals surface area contributed by atoms with Crippen LogP contribution in [-0.2, 0) is 14.8 Å². The molecule has 26 heavy (non-hydrogen) atoms. The average molecular weight is 370 g/mol. The van der Waals surface area contributed by atoms with E-state index in [1.54, 1.807) is 13.0 Å². The Morgan fingerprint density at radius 2 is 2.08 bits per heavy atom. The first-order valence-corrected chi connectivity index (χ1v) is 9.67. The van der Waals surface area contributed by atoms with Gasteiger partial charge in [-0.3, -0.25) is 4.79 Å². The Labute approximate surface area is 152 Å². The largest absolute Gasteiger partial charge is 0.493 e. The van der Waals surface area contributed by atoms with E-state index in [1.165, 1.54) is 12.1 Å². The van der Waals surface area contributed by atoms with Crippen molar-refractivity contribution in [2.45, 2.75) is 30.6 Å². The molecule has 1 amide bonds. The van der Waals surface area contributed by atoms with E-state index >= 15 is 0 Å². The van der Waals surface area contributed by atoms with Gasteiger partial charge in [-0.1, -0.05) is 24.3 Å². The summed E-state index contributed by atoms with van der Waals surface area (Å²) in [5.74, 6) is 0.0622. The molecule has 0 fully saturated rings. The predicted molar refractivity (Wildman–Crippen MR) is 95.1 cm³/mol. The van der Waals surface area contributed by atoms with Crippen LogP contribution in [0.4, 0.5) is 0 Å². The van der Waals surface area contributed by atoms with Gasteiger partial charge in [-0.25, -0.2) is 13.1 Å². The fourth-order valence-electron chi connectivity index (χ4n) is 3.06. The van der Waals surface area contributed by atoms with Gasteiger partial charge in [0.15, 0.2) is 0 Å². The molecule has 2 aromatic carbocycles. The molecule has 7 heteroatoms. The second-order valence-electron chi connectivity index (χ2n) is 6.20. The molecular weight excluding hydrogens is 352 g/mol. The number of aryl methyl sites for hydroxylation is 1. The van der Waals surface area contributed by atoms with Crippen molar-refractivity contribution in [1.29, 1.82) is 5.26 Å². The van der Waals surface area contributed by atoms with Gasteiger partial charge in [0.1, 0.15) is 5.75 Å². The number of carbonyl (C=O) groups is 1. The fraction of sp³-hybridized carbons (Fsp3) is 0.263. The van der Waals surface area contributed by atoms with E-state index in [-0.39, 0.29) is 22.8 Å². The lowest BCUT2D eigenvalue weighted by atomic mass is 9.90. The van der Waals surface area contributed by atoms with Crippen LogP contribution >= 0.6 is 0 Å². The van der Waals surface area contributed by atoms with Crippen LogP contribution in [0.25, 0.3) is 0 Å². The van der Waals surface area contributed by atoms with Crippen LogP contribution in [0.5, 0.6) is 5.75 Å². The van der Waals surface area contributed by atoms with Gasteiger partial charge in [-0.15, -0.1) is 0 Å². The summed E-state index contributed by atoms with van der Waals surface area (Å²) in [6, 6.07) is 13.7. The molecule has 0 radical (unpaired) electrons. The SMILES string of the molecule is Cc1ccc(C#N)cc1S(=O)(=O)NC(=O)CC1CCOc2ccccc21. The molecular formula is C19H18N2O4S. The zero-order chi connectivity index (χ0) is 18.7. The van der Waals surface area contributed by atoms with Crippen molar-refractivity contribution in [2.24, 2.45) is 0 Å². The number of sulfonamides is 1. The van der Waals surface area contributed by atoms with Crippen LogP contribution in [-0.4, -0.2) is 20.9 Å². The first-order chi connectivity index (χ1) is 12.4. The van der Waals surface area contributed by atoms with Crippen LogP contribution in [0.15, 0.2) is 47.4 Å². The minimum Gasteiger partial charge on any atom is -0.493 e. The third kappa shape index (κ3) is 3.70. The number of hydrogen-bond acceptors (Lipinski definition) is 5. The van der Waals surface area contributed by atoms with Gasteiger partial charge < -0.3 is 4.74 Å². The summed E-state index contributed by atoms with van der Waals surface area (Å²) in [6.07, 6.45) is 0.698. The Morgan fingerprint density at radius 1 is 1.31 bits per heavy atom. The van der Waals surface area contributed by atoms with Gasteiger partial charge in [0.2, 0.25) is 5.91 Å². The molecule has 0 saturated heterocycles. The van der Waals surface area contributed by atoms with E-state index < -0.39 is 15.9 Å². The number of rotatable bonds is 4. The second kappa shape index (κ2) is 7.18. The normalized spacial score (nSPS) is 16.1. The summed E-state index contributed by atoms with van der Waals surface area (Å²) in [7, 11) is -4.03. The molecule has 0 bridgehead atoms. The molecule has 1 N–H and O–H groups in total. The van der Waals surface area contributed by atoms with Crippen molar-refractivity contribution in [3.05, 3.63) is 59.2 Å². The lowest BCUT2D eigenvalue weighted by molar-refractivity contribution is -0.119. The number of ether oxygens (including phenoxy) is 1. The third-order valence-corrected chi connectivity index (χ3v) is 5.88. The molecule has 0 saturated carbocycles. The highest BCUT2D eigenvalue weighted by Crippen LogP contribution is 2.35. The summed E-state index contributed by atoms with van der Waals surface area (Å²) < 4.78 is 32.8. The second-order valence-corrected chi connectivity index (χ2v) is 7.85. The maximum Gasteiger partial charge on any atom is 0.264 e. The van der Waals surface area contributed by atoms with Crippen LogP contribution in [0.2, 0.25) is 0 Å². The lowest BCUT2D eigenvalue weighted by Crippen LogP contribution is -2.32. The van der Waals surface area contributed by atoms with Gasteiger partial charge in [0, 0.05) is 6.42 Å². The van der Waals surface area contributed by atoms with Crippen molar-refractivity contribution in [2.75, 3.05) is 6.61 Å². The molecule has 6 nitrogen and oxygen atoms in total. The zero-order valence-electron chi connectivity index (χ0n) is 14.2. The van der Waals surface area contributed by atoms with Gasteiger partial charge in [0.05, 0.1) is 23.1 Å². The first-order valence-electron chi connectivity index (χ1n) is 8.19. The molecule has 1 aliphatic rings. The quantitative estimate of drug-likeness (QED) is 0.892. The van der Waals surface area contributed by atoms with Crippen molar-refractivity contribution >= 4 is 15.9 Å². The Morgan fingerprint density at radius 3 is 2.85 bits per heavy atom. The van der Waals surface area contributed by atoms with Crippen molar-refractivity contribution < 1.29 is 17.9 Å². The molecule has 3 rings (SSSR count). The molecule has 1 heterocycles. The number of nitrogens with zero attached hydrogens (tertiary/aromatic N) is 1. The van der Waals surface area contributed by atoms with Crippen molar-refractivity contribution in [1.82, 2.24) is 4.72 Å². The predicted octanol–water partition coefficient (Wildman–Crippen LogP) is 2.63.